The third-order valence-corrected chi connectivity index (χ3v) is 2.04. The van der Waals surface area contributed by atoms with Crippen LogP contribution in [0.4, 0.5) is 0 Å². The van der Waals surface area contributed by atoms with Gasteiger partial charge >= 0.3 is 0 Å². The summed E-state index contributed by atoms with van der Waals surface area (Å²) >= 11 is 0. The minimum absolute atomic E-state index is 0.154. The third kappa shape index (κ3) is 2.56. The van der Waals surface area contributed by atoms with Crippen molar-refractivity contribution in [1.29, 1.82) is 0 Å². The summed E-state index contributed by atoms with van der Waals surface area (Å²) in [4.78, 5) is 15.3. The molecule has 0 atom stereocenters. The lowest BCUT2D eigenvalue weighted by molar-refractivity contribution is -0.121. The first-order chi connectivity index (χ1) is 6.67. The number of amides is 1. The molecule has 1 heterocycles. The van der Waals surface area contributed by atoms with E-state index in [1.807, 2.05) is 24.6 Å². The molecule has 0 unspecified atom stereocenters. The largest absolute Gasteiger partial charge is 0.334 e. The molecule has 3 N–H and O–H groups in total. The SMILES string of the molecule is CCc1nc(C)cn1CCC(=O)NN. The van der Waals surface area contributed by atoms with Gasteiger partial charge in [-0.25, -0.2) is 10.8 Å². The van der Waals surface area contributed by atoms with E-state index in [0.717, 1.165) is 17.9 Å². The van der Waals surface area contributed by atoms with E-state index in [0.29, 0.717) is 13.0 Å². The lowest BCUT2D eigenvalue weighted by Gasteiger charge is -2.04. The number of nitrogens with one attached hydrogen (secondary N) is 1. The van der Waals surface area contributed by atoms with Crippen LogP contribution < -0.4 is 11.3 Å². The van der Waals surface area contributed by atoms with Crippen LogP contribution in [0, 0.1) is 6.92 Å². The first-order valence-corrected chi connectivity index (χ1v) is 4.69. The number of aromatic nitrogens is 2. The van der Waals surface area contributed by atoms with Crippen molar-refractivity contribution in [3.63, 3.8) is 0 Å². The standard InChI is InChI=1S/C9H16N4O/c1-3-8-11-7(2)6-13(8)5-4-9(14)12-10/h6H,3-5,10H2,1-2H3,(H,12,14). The van der Waals surface area contributed by atoms with E-state index in [2.05, 4.69) is 10.4 Å². The van der Waals surface area contributed by atoms with Crippen molar-refractivity contribution in [3.05, 3.63) is 17.7 Å². The van der Waals surface area contributed by atoms with Crippen molar-refractivity contribution in [2.45, 2.75) is 33.2 Å². The van der Waals surface area contributed by atoms with Crippen molar-refractivity contribution in [2.24, 2.45) is 5.84 Å². The number of imidazole rings is 1. The molecule has 0 aromatic carbocycles. The molecule has 0 fully saturated rings. The van der Waals surface area contributed by atoms with Gasteiger partial charge in [0.2, 0.25) is 5.91 Å². The zero-order valence-corrected chi connectivity index (χ0v) is 8.58. The smallest absolute Gasteiger partial charge is 0.235 e. The third-order valence-electron chi connectivity index (χ3n) is 2.04. The number of hydrazine groups is 1. The highest BCUT2D eigenvalue weighted by Crippen LogP contribution is 2.04. The van der Waals surface area contributed by atoms with E-state index in [-0.39, 0.29) is 5.91 Å². The molecule has 1 rings (SSSR count). The lowest BCUT2D eigenvalue weighted by Crippen LogP contribution is -2.30. The summed E-state index contributed by atoms with van der Waals surface area (Å²) < 4.78 is 1.99. The summed E-state index contributed by atoms with van der Waals surface area (Å²) in [6.45, 7) is 4.62. The van der Waals surface area contributed by atoms with E-state index in [9.17, 15) is 4.79 Å². The number of hydrogen-bond donors (Lipinski definition) is 2. The highest BCUT2D eigenvalue weighted by Gasteiger charge is 2.05. The van der Waals surface area contributed by atoms with Gasteiger partial charge in [0.15, 0.2) is 0 Å². The van der Waals surface area contributed by atoms with Crippen molar-refractivity contribution in [3.8, 4) is 0 Å². The molecule has 5 nitrogen and oxygen atoms in total. The van der Waals surface area contributed by atoms with Crippen molar-refractivity contribution in [2.75, 3.05) is 0 Å². The topological polar surface area (TPSA) is 72.9 Å². The van der Waals surface area contributed by atoms with Crippen LogP contribution in [0.25, 0.3) is 0 Å². The molecule has 0 saturated heterocycles. The van der Waals surface area contributed by atoms with Crippen molar-refractivity contribution < 1.29 is 4.79 Å². The number of carbonyl (C=O) groups excluding carboxylic acids is 1. The molecule has 1 amide bonds. The summed E-state index contributed by atoms with van der Waals surface area (Å²) in [5, 5.41) is 0. The number of nitrogens with two attached hydrogens (primary N) is 1. The van der Waals surface area contributed by atoms with Crippen LogP contribution in [0.15, 0.2) is 6.20 Å². The van der Waals surface area contributed by atoms with Gasteiger partial charge in [-0.2, -0.15) is 0 Å². The monoisotopic (exact) mass is 196 g/mol. The molecular formula is C9H16N4O. The Labute approximate surface area is 83.3 Å². The van der Waals surface area contributed by atoms with Gasteiger partial charge in [-0.15, -0.1) is 0 Å². The van der Waals surface area contributed by atoms with Gasteiger partial charge in [0.1, 0.15) is 5.82 Å². The normalized spacial score (nSPS) is 10.2. The summed E-state index contributed by atoms with van der Waals surface area (Å²) in [6.07, 6.45) is 3.21. The molecule has 1 aromatic heterocycles. The minimum atomic E-state index is -0.154. The summed E-state index contributed by atoms with van der Waals surface area (Å²) in [5.41, 5.74) is 3.09. The maximum absolute atomic E-state index is 10.9. The predicted molar refractivity (Wildman–Crippen MR) is 53.3 cm³/mol. The minimum Gasteiger partial charge on any atom is -0.334 e. The van der Waals surface area contributed by atoms with Gasteiger partial charge in [-0.1, -0.05) is 6.92 Å². The van der Waals surface area contributed by atoms with Crippen molar-refractivity contribution >= 4 is 5.91 Å². The average Bonchev–Trinajstić information content (AvgIpc) is 2.55. The second-order valence-electron chi connectivity index (χ2n) is 3.16. The maximum atomic E-state index is 10.9. The number of nitrogens with zero attached hydrogens (tertiary/aromatic N) is 2. The fourth-order valence-electron chi connectivity index (χ4n) is 1.37. The second kappa shape index (κ2) is 4.76. The van der Waals surface area contributed by atoms with Gasteiger partial charge < -0.3 is 4.57 Å². The van der Waals surface area contributed by atoms with Crippen molar-refractivity contribution in [1.82, 2.24) is 15.0 Å². The summed E-state index contributed by atoms with van der Waals surface area (Å²) in [6, 6.07) is 0. The first kappa shape index (κ1) is 10.7. The van der Waals surface area contributed by atoms with Gasteiger partial charge in [-0.3, -0.25) is 10.2 Å². The number of hydrogen-bond acceptors (Lipinski definition) is 3. The fourth-order valence-corrected chi connectivity index (χ4v) is 1.37. The van der Waals surface area contributed by atoms with Gasteiger partial charge in [-0.05, 0) is 6.92 Å². The van der Waals surface area contributed by atoms with Crippen LogP contribution in [0.3, 0.4) is 0 Å². The fraction of sp³-hybridized carbons (Fsp3) is 0.556. The van der Waals surface area contributed by atoms with Crippen LogP contribution in [0.2, 0.25) is 0 Å². The van der Waals surface area contributed by atoms with Crippen LogP contribution in [0.5, 0.6) is 0 Å². The molecule has 14 heavy (non-hydrogen) atoms. The Balaban J connectivity index is 2.61. The highest BCUT2D eigenvalue weighted by molar-refractivity contribution is 5.75. The Morgan fingerprint density at radius 1 is 1.71 bits per heavy atom. The average molecular weight is 196 g/mol. The molecule has 5 heteroatoms. The number of rotatable bonds is 4. The summed E-state index contributed by atoms with van der Waals surface area (Å²) in [5.74, 6) is 5.84. The molecule has 0 aliphatic rings. The Kier molecular flexibility index (Phi) is 3.64. The van der Waals surface area contributed by atoms with Crippen LogP contribution in [-0.4, -0.2) is 15.5 Å². The van der Waals surface area contributed by atoms with E-state index >= 15 is 0 Å². The Morgan fingerprint density at radius 3 is 3.00 bits per heavy atom. The zero-order valence-electron chi connectivity index (χ0n) is 8.58. The second-order valence-corrected chi connectivity index (χ2v) is 3.16. The molecule has 0 saturated carbocycles. The van der Waals surface area contributed by atoms with E-state index in [1.54, 1.807) is 0 Å². The molecule has 0 aliphatic heterocycles. The highest BCUT2D eigenvalue weighted by atomic mass is 16.2. The molecule has 78 valence electrons. The van der Waals surface area contributed by atoms with E-state index < -0.39 is 0 Å². The Hall–Kier alpha value is -1.36. The Bertz CT molecular complexity index is 319. The molecule has 0 aliphatic carbocycles. The first-order valence-electron chi connectivity index (χ1n) is 4.69. The number of aryl methyl sites for hydroxylation is 3. The van der Waals surface area contributed by atoms with Crippen LogP contribution >= 0.6 is 0 Å². The quantitative estimate of drug-likeness (QED) is 0.408. The van der Waals surface area contributed by atoms with Gasteiger partial charge in [0.25, 0.3) is 0 Å². The number of carbonyl (C=O) groups is 1. The molecule has 0 bridgehead atoms. The zero-order chi connectivity index (χ0) is 10.6. The lowest BCUT2D eigenvalue weighted by atomic mass is 10.4. The maximum Gasteiger partial charge on any atom is 0.235 e. The Morgan fingerprint density at radius 2 is 2.43 bits per heavy atom. The predicted octanol–water partition coefficient (Wildman–Crippen LogP) is 0.134. The molecule has 0 spiro atoms. The van der Waals surface area contributed by atoms with E-state index in [1.165, 1.54) is 0 Å². The van der Waals surface area contributed by atoms with Gasteiger partial charge in [0.05, 0.1) is 5.69 Å². The molecule has 0 radical (unpaired) electrons. The van der Waals surface area contributed by atoms with Crippen LogP contribution in [0.1, 0.15) is 24.9 Å². The van der Waals surface area contributed by atoms with E-state index in [4.69, 9.17) is 5.84 Å². The molecule has 1 aromatic rings. The summed E-state index contributed by atoms with van der Waals surface area (Å²) in [7, 11) is 0. The molecular weight excluding hydrogens is 180 g/mol. The van der Waals surface area contributed by atoms with Crippen LogP contribution in [-0.2, 0) is 17.8 Å². The van der Waals surface area contributed by atoms with Gasteiger partial charge in [0, 0.05) is 25.6 Å².